The van der Waals surface area contributed by atoms with Crippen molar-refractivity contribution in [3.05, 3.63) is 76.3 Å². The van der Waals surface area contributed by atoms with Gasteiger partial charge in [0.25, 0.3) is 0 Å². The lowest BCUT2D eigenvalue weighted by atomic mass is 9.99. The highest BCUT2D eigenvalue weighted by atomic mass is 35.5. The van der Waals surface area contributed by atoms with E-state index in [1.807, 2.05) is 42.5 Å². The predicted molar refractivity (Wildman–Crippen MR) is 146 cm³/mol. The van der Waals surface area contributed by atoms with Crippen molar-refractivity contribution < 1.29 is 14.3 Å². The van der Waals surface area contributed by atoms with Gasteiger partial charge in [-0.25, -0.2) is 9.78 Å². The summed E-state index contributed by atoms with van der Waals surface area (Å²) in [5, 5.41) is 1.19. The number of nitrogens with zero attached hydrogens (tertiary/aromatic N) is 2. The number of aromatic amines is 1. The Bertz CT molecular complexity index is 1390. The van der Waals surface area contributed by atoms with Gasteiger partial charge in [0.2, 0.25) is 0 Å². The minimum Gasteiger partial charge on any atom is -0.494 e. The predicted octanol–water partition coefficient (Wildman–Crippen LogP) is 6.82. The van der Waals surface area contributed by atoms with E-state index in [0.29, 0.717) is 34.0 Å². The van der Waals surface area contributed by atoms with Crippen LogP contribution in [0.5, 0.6) is 11.5 Å². The standard InChI is InChI=1S/C28H28Cl2N4O3/c29-23-10-4-18(15-24(23)30)17-34-13-2-1-3-20(34)12-14-36-21-7-5-19(6-8-21)27-32-25-11-9-22(37-28(31)35)16-26(25)33-27/h4-11,15-16,20H,1-3,12-14,17H2,(H2,31,35)(H,32,33). The van der Waals surface area contributed by atoms with Gasteiger partial charge in [-0.05, 0) is 79.9 Å². The van der Waals surface area contributed by atoms with Crippen molar-refractivity contribution in [1.29, 1.82) is 0 Å². The molecular formula is C28H28Cl2N4O3. The van der Waals surface area contributed by atoms with Crippen molar-refractivity contribution in [3.63, 3.8) is 0 Å². The number of rotatable bonds is 8. The van der Waals surface area contributed by atoms with Crippen molar-refractivity contribution in [3.8, 4) is 22.9 Å². The molecule has 3 aromatic carbocycles. The first-order chi connectivity index (χ1) is 17.9. The molecule has 4 aromatic rings. The summed E-state index contributed by atoms with van der Waals surface area (Å²) in [4.78, 5) is 21.4. The SMILES string of the molecule is NC(=O)Oc1ccc2[nH]c(-c3ccc(OCCC4CCCCN4Cc4ccc(Cl)c(Cl)c4)cc3)nc2c1. The zero-order valence-corrected chi connectivity index (χ0v) is 21.8. The van der Waals surface area contributed by atoms with Gasteiger partial charge in [-0.1, -0.05) is 35.7 Å². The fraction of sp³-hybridized carbons (Fsp3) is 0.286. The van der Waals surface area contributed by atoms with Gasteiger partial charge in [0.15, 0.2) is 0 Å². The second kappa shape index (κ2) is 11.4. The Balaban J connectivity index is 1.17. The lowest BCUT2D eigenvalue weighted by molar-refractivity contribution is 0.116. The van der Waals surface area contributed by atoms with Gasteiger partial charge in [0.1, 0.15) is 17.3 Å². The highest BCUT2D eigenvalue weighted by molar-refractivity contribution is 6.42. The van der Waals surface area contributed by atoms with Crippen LogP contribution in [0, 0.1) is 0 Å². The van der Waals surface area contributed by atoms with Gasteiger partial charge in [0.05, 0.1) is 27.7 Å². The summed E-state index contributed by atoms with van der Waals surface area (Å²) >= 11 is 12.3. The number of imidazole rings is 1. The van der Waals surface area contributed by atoms with E-state index < -0.39 is 6.09 Å². The van der Waals surface area contributed by atoms with Crippen LogP contribution in [0.3, 0.4) is 0 Å². The summed E-state index contributed by atoms with van der Waals surface area (Å²) < 4.78 is 11.0. The van der Waals surface area contributed by atoms with Crippen LogP contribution >= 0.6 is 23.2 Å². The van der Waals surface area contributed by atoms with E-state index in [1.54, 1.807) is 18.2 Å². The first kappa shape index (κ1) is 25.4. The average molecular weight is 539 g/mol. The van der Waals surface area contributed by atoms with Crippen LogP contribution in [0.1, 0.15) is 31.2 Å². The number of piperidine rings is 1. The third kappa shape index (κ3) is 6.36. The number of fused-ring (bicyclic) bond motifs is 1. The van der Waals surface area contributed by atoms with Crippen molar-refractivity contribution in [2.45, 2.75) is 38.3 Å². The number of primary amides is 1. The number of likely N-dealkylation sites (tertiary alicyclic amines) is 1. The van der Waals surface area contributed by atoms with Crippen molar-refractivity contribution in [2.24, 2.45) is 5.73 Å². The molecule has 0 aliphatic carbocycles. The van der Waals surface area contributed by atoms with E-state index in [0.717, 1.165) is 42.2 Å². The number of aromatic nitrogens is 2. The van der Waals surface area contributed by atoms with Crippen LogP contribution in [0.2, 0.25) is 10.0 Å². The Kier molecular flexibility index (Phi) is 7.84. The van der Waals surface area contributed by atoms with Crippen LogP contribution in [-0.2, 0) is 6.54 Å². The highest BCUT2D eigenvalue weighted by Gasteiger charge is 2.22. The number of nitrogens with one attached hydrogen (secondary N) is 1. The third-order valence-electron chi connectivity index (χ3n) is 6.64. The van der Waals surface area contributed by atoms with Crippen LogP contribution in [0.25, 0.3) is 22.4 Å². The topological polar surface area (TPSA) is 93.5 Å². The van der Waals surface area contributed by atoms with E-state index in [2.05, 4.69) is 14.9 Å². The maximum atomic E-state index is 11.0. The molecule has 1 amide bonds. The first-order valence-corrected chi connectivity index (χ1v) is 13.1. The van der Waals surface area contributed by atoms with E-state index >= 15 is 0 Å². The second-order valence-corrected chi connectivity index (χ2v) is 10.0. The van der Waals surface area contributed by atoms with E-state index in [1.165, 1.54) is 24.8 Å². The quantitative estimate of drug-likeness (QED) is 0.256. The Morgan fingerprint density at radius 2 is 1.84 bits per heavy atom. The molecule has 0 saturated carbocycles. The second-order valence-electron chi connectivity index (χ2n) is 9.22. The summed E-state index contributed by atoms with van der Waals surface area (Å²) in [6.07, 6.45) is 3.73. The number of hydrogen-bond acceptors (Lipinski definition) is 5. The zero-order chi connectivity index (χ0) is 25.8. The van der Waals surface area contributed by atoms with Crippen molar-refractivity contribution >= 4 is 40.3 Å². The van der Waals surface area contributed by atoms with Gasteiger partial charge in [0, 0.05) is 24.2 Å². The van der Waals surface area contributed by atoms with Crippen molar-refractivity contribution in [2.75, 3.05) is 13.2 Å². The summed E-state index contributed by atoms with van der Waals surface area (Å²) in [6.45, 7) is 2.59. The minimum atomic E-state index is -0.853. The molecule has 7 nitrogen and oxygen atoms in total. The number of H-pyrrole nitrogens is 1. The smallest absolute Gasteiger partial charge is 0.409 e. The van der Waals surface area contributed by atoms with Gasteiger partial charge >= 0.3 is 6.09 Å². The molecule has 1 fully saturated rings. The molecule has 1 unspecified atom stereocenters. The lowest BCUT2D eigenvalue weighted by Crippen LogP contribution is -2.39. The molecule has 37 heavy (non-hydrogen) atoms. The highest BCUT2D eigenvalue weighted by Crippen LogP contribution is 2.28. The molecule has 1 aliphatic rings. The Labute approximate surface area is 225 Å². The normalized spacial score (nSPS) is 16.1. The molecule has 1 saturated heterocycles. The summed E-state index contributed by atoms with van der Waals surface area (Å²) in [6, 6.07) is 19.4. The molecule has 9 heteroatoms. The van der Waals surface area contributed by atoms with E-state index in [-0.39, 0.29) is 0 Å². The number of carbonyl (C=O) groups excluding carboxylic acids is 1. The molecular weight excluding hydrogens is 511 g/mol. The number of carbonyl (C=O) groups is 1. The number of benzene rings is 3. The zero-order valence-electron chi connectivity index (χ0n) is 20.3. The number of ether oxygens (including phenoxy) is 2. The maximum Gasteiger partial charge on any atom is 0.409 e. The third-order valence-corrected chi connectivity index (χ3v) is 7.38. The van der Waals surface area contributed by atoms with Crippen LogP contribution < -0.4 is 15.2 Å². The maximum absolute atomic E-state index is 11.0. The number of halogens is 2. The van der Waals surface area contributed by atoms with Crippen molar-refractivity contribution in [1.82, 2.24) is 14.9 Å². The van der Waals surface area contributed by atoms with Crippen LogP contribution in [0.4, 0.5) is 4.79 Å². The monoisotopic (exact) mass is 538 g/mol. The molecule has 1 aliphatic heterocycles. The molecule has 1 atom stereocenters. The molecule has 2 heterocycles. The Hall–Kier alpha value is -3.26. The van der Waals surface area contributed by atoms with Crippen LogP contribution in [0.15, 0.2) is 60.7 Å². The molecule has 5 rings (SSSR count). The largest absolute Gasteiger partial charge is 0.494 e. The molecule has 1 aromatic heterocycles. The van der Waals surface area contributed by atoms with E-state index in [4.69, 9.17) is 38.4 Å². The molecule has 3 N–H and O–H groups in total. The Morgan fingerprint density at radius 3 is 2.62 bits per heavy atom. The minimum absolute atomic E-state index is 0.357. The van der Waals surface area contributed by atoms with Crippen LogP contribution in [-0.4, -0.2) is 40.2 Å². The molecule has 0 spiro atoms. The Morgan fingerprint density at radius 1 is 1.03 bits per heavy atom. The average Bonchev–Trinajstić information content (AvgIpc) is 3.31. The summed E-state index contributed by atoms with van der Waals surface area (Å²) in [7, 11) is 0. The first-order valence-electron chi connectivity index (χ1n) is 12.3. The van der Waals surface area contributed by atoms with Gasteiger partial charge in [-0.3, -0.25) is 4.90 Å². The number of hydrogen-bond donors (Lipinski definition) is 2. The van der Waals surface area contributed by atoms with Gasteiger partial charge in [-0.15, -0.1) is 0 Å². The number of amides is 1. The summed E-state index contributed by atoms with van der Waals surface area (Å²) in [5.41, 5.74) is 8.73. The molecule has 192 valence electrons. The molecule has 0 bridgehead atoms. The van der Waals surface area contributed by atoms with E-state index in [9.17, 15) is 4.79 Å². The molecule has 0 radical (unpaired) electrons. The fourth-order valence-electron chi connectivity index (χ4n) is 4.79. The number of nitrogens with two attached hydrogens (primary N) is 1. The summed E-state index contributed by atoms with van der Waals surface area (Å²) in [5.74, 6) is 1.90. The van der Waals surface area contributed by atoms with Gasteiger partial charge < -0.3 is 20.2 Å². The fourth-order valence-corrected chi connectivity index (χ4v) is 5.11. The lowest BCUT2D eigenvalue weighted by Gasteiger charge is -2.36. The van der Waals surface area contributed by atoms with Gasteiger partial charge in [-0.2, -0.15) is 0 Å².